The Morgan fingerprint density at radius 1 is 1.29 bits per heavy atom. The summed E-state index contributed by atoms with van der Waals surface area (Å²) in [4.78, 5) is 24.6. The number of hydrogen-bond donors (Lipinski definition) is 1. The Hall–Kier alpha value is -2.61. The second-order valence-corrected chi connectivity index (χ2v) is 7.34. The Morgan fingerprint density at radius 3 is 2.50 bits per heavy atom. The number of hydrogen-bond acceptors (Lipinski definition) is 4. The molecule has 0 saturated heterocycles. The Balaban J connectivity index is 2.28. The summed E-state index contributed by atoms with van der Waals surface area (Å²) in [5.41, 5.74) is 1.01. The van der Waals surface area contributed by atoms with Gasteiger partial charge in [0.05, 0.1) is 17.1 Å². The van der Waals surface area contributed by atoms with Crippen LogP contribution in [0, 0.1) is 6.92 Å². The van der Waals surface area contributed by atoms with Crippen molar-refractivity contribution in [2.24, 2.45) is 7.05 Å². The van der Waals surface area contributed by atoms with E-state index in [-0.39, 0.29) is 23.4 Å². The van der Waals surface area contributed by atoms with Gasteiger partial charge in [-0.15, -0.1) is 0 Å². The number of anilines is 1. The molecule has 2 aromatic rings. The van der Waals surface area contributed by atoms with E-state index in [1.807, 2.05) is 18.2 Å². The van der Waals surface area contributed by atoms with Crippen LogP contribution in [-0.4, -0.2) is 29.4 Å². The molecule has 0 saturated carbocycles. The maximum atomic E-state index is 12.6. The monoisotopic (exact) mass is 349 g/mol. The van der Waals surface area contributed by atoms with Gasteiger partial charge in [0.15, 0.2) is 9.84 Å². The van der Waals surface area contributed by atoms with Crippen LogP contribution in [0.5, 0.6) is 0 Å². The summed E-state index contributed by atoms with van der Waals surface area (Å²) in [6.07, 6.45) is -0.243. The molecule has 0 unspecified atom stereocenters. The van der Waals surface area contributed by atoms with Crippen molar-refractivity contribution >= 4 is 21.4 Å². The Morgan fingerprint density at radius 2 is 1.92 bits per heavy atom. The number of rotatable bonds is 6. The smallest absolute Gasteiger partial charge is 0.295 e. The fourth-order valence-corrected chi connectivity index (χ4v) is 2.87. The van der Waals surface area contributed by atoms with E-state index in [1.165, 1.54) is 4.68 Å². The quantitative estimate of drug-likeness (QED) is 0.853. The van der Waals surface area contributed by atoms with Gasteiger partial charge < -0.3 is 5.32 Å². The molecule has 2 rings (SSSR count). The van der Waals surface area contributed by atoms with E-state index in [0.29, 0.717) is 11.4 Å². The molecule has 7 nitrogen and oxygen atoms in total. The zero-order valence-corrected chi connectivity index (χ0v) is 14.3. The van der Waals surface area contributed by atoms with Crippen LogP contribution in [0.25, 0.3) is 5.69 Å². The first kappa shape index (κ1) is 17.7. The second-order valence-electron chi connectivity index (χ2n) is 5.27. The van der Waals surface area contributed by atoms with Gasteiger partial charge in [0.25, 0.3) is 5.56 Å². The first-order valence-corrected chi connectivity index (χ1v) is 8.97. The highest BCUT2D eigenvalue weighted by atomic mass is 32.2. The molecular formula is C16H19N3O4S. The molecule has 0 aliphatic heterocycles. The summed E-state index contributed by atoms with van der Waals surface area (Å²) in [7, 11) is -1.75. The number of para-hydroxylation sites is 1. The van der Waals surface area contributed by atoms with Crippen LogP contribution in [0.4, 0.5) is 5.69 Å². The van der Waals surface area contributed by atoms with Crippen molar-refractivity contribution < 1.29 is 13.2 Å². The maximum absolute atomic E-state index is 12.6. The van der Waals surface area contributed by atoms with E-state index in [4.69, 9.17) is 0 Å². The van der Waals surface area contributed by atoms with Crippen molar-refractivity contribution in [1.29, 1.82) is 0 Å². The lowest BCUT2D eigenvalue weighted by molar-refractivity contribution is -0.115. The van der Waals surface area contributed by atoms with E-state index in [0.717, 1.165) is 5.41 Å². The van der Waals surface area contributed by atoms with E-state index in [9.17, 15) is 18.0 Å². The number of nitrogens with zero attached hydrogens (tertiary/aromatic N) is 2. The first-order chi connectivity index (χ1) is 11.3. The van der Waals surface area contributed by atoms with Gasteiger partial charge in [0.1, 0.15) is 5.69 Å². The number of aromatic nitrogens is 2. The molecule has 0 radical (unpaired) electrons. The van der Waals surface area contributed by atoms with Crippen molar-refractivity contribution in [2.75, 3.05) is 11.1 Å². The molecule has 1 aromatic heterocycles. The highest BCUT2D eigenvalue weighted by molar-refractivity contribution is 7.94. The van der Waals surface area contributed by atoms with Gasteiger partial charge in [-0.2, -0.15) is 0 Å². The molecular weight excluding hydrogens is 330 g/mol. The van der Waals surface area contributed by atoms with E-state index in [1.54, 1.807) is 30.8 Å². The molecule has 8 heteroatoms. The van der Waals surface area contributed by atoms with Crippen molar-refractivity contribution in [2.45, 2.75) is 13.3 Å². The molecule has 1 amide bonds. The highest BCUT2D eigenvalue weighted by Gasteiger charge is 2.18. The molecule has 0 atom stereocenters. The summed E-state index contributed by atoms with van der Waals surface area (Å²) in [5, 5.41) is 3.33. The highest BCUT2D eigenvalue weighted by Crippen LogP contribution is 2.14. The normalized spacial score (nSPS) is 11.2. The predicted octanol–water partition coefficient (Wildman–Crippen LogP) is 1.37. The van der Waals surface area contributed by atoms with Crippen molar-refractivity contribution in [3.63, 3.8) is 0 Å². The average Bonchev–Trinajstić information content (AvgIpc) is 2.77. The number of benzene rings is 1. The molecule has 128 valence electrons. The van der Waals surface area contributed by atoms with Crippen molar-refractivity contribution in [1.82, 2.24) is 9.36 Å². The van der Waals surface area contributed by atoms with Crippen molar-refractivity contribution in [3.05, 3.63) is 58.4 Å². The SMILES string of the molecule is C=CS(=O)(=O)CCC(=O)Nc1c(C)n(C)n(-c2ccccc2)c1=O. The van der Waals surface area contributed by atoms with Crippen molar-refractivity contribution in [3.8, 4) is 5.69 Å². The second kappa shape index (κ2) is 6.88. The topological polar surface area (TPSA) is 90.2 Å². The minimum Gasteiger partial charge on any atom is -0.320 e. The summed E-state index contributed by atoms with van der Waals surface area (Å²) < 4.78 is 25.8. The largest absolute Gasteiger partial charge is 0.320 e. The maximum Gasteiger partial charge on any atom is 0.295 e. The molecule has 0 fully saturated rings. The Bertz CT molecular complexity index is 924. The van der Waals surface area contributed by atoms with E-state index >= 15 is 0 Å². The van der Waals surface area contributed by atoms with Gasteiger partial charge in [-0.3, -0.25) is 14.3 Å². The minimum absolute atomic E-state index is 0.141. The third kappa shape index (κ3) is 3.65. The van der Waals surface area contributed by atoms with Gasteiger partial charge in [-0.1, -0.05) is 24.8 Å². The van der Waals surface area contributed by atoms with Gasteiger partial charge in [0, 0.05) is 18.9 Å². The van der Waals surface area contributed by atoms with Crippen LogP contribution in [0.1, 0.15) is 12.1 Å². The summed E-state index contributed by atoms with van der Waals surface area (Å²) in [5.74, 6) is -0.882. The van der Waals surface area contributed by atoms with Gasteiger partial charge >= 0.3 is 0 Å². The molecule has 1 aromatic carbocycles. The number of amides is 1. The predicted molar refractivity (Wildman–Crippen MR) is 93.0 cm³/mol. The third-order valence-electron chi connectivity index (χ3n) is 3.69. The van der Waals surface area contributed by atoms with Crippen LogP contribution in [0.2, 0.25) is 0 Å². The fourth-order valence-electron chi connectivity index (χ4n) is 2.23. The first-order valence-electron chi connectivity index (χ1n) is 7.26. The number of nitrogens with one attached hydrogen (secondary N) is 1. The van der Waals surface area contributed by atoms with Crippen LogP contribution in [-0.2, 0) is 21.7 Å². The Labute approximate surface area is 140 Å². The zero-order chi connectivity index (χ0) is 17.9. The summed E-state index contributed by atoms with van der Waals surface area (Å²) >= 11 is 0. The molecule has 24 heavy (non-hydrogen) atoms. The van der Waals surface area contributed by atoms with Crippen LogP contribution in [0.3, 0.4) is 0 Å². The summed E-state index contributed by atoms with van der Waals surface area (Å²) in [6, 6.07) is 9.02. The van der Waals surface area contributed by atoms with E-state index in [2.05, 4.69) is 11.9 Å². The van der Waals surface area contributed by atoms with Crippen LogP contribution < -0.4 is 10.9 Å². The lowest BCUT2D eigenvalue weighted by atomic mass is 10.3. The van der Waals surface area contributed by atoms with Gasteiger partial charge in [0.2, 0.25) is 5.91 Å². The van der Waals surface area contributed by atoms with Gasteiger partial charge in [-0.25, -0.2) is 13.1 Å². The lowest BCUT2D eigenvalue weighted by Gasteiger charge is -2.07. The Kier molecular flexibility index (Phi) is 5.08. The molecule has 1 N–H and O–H groups in total. The number of carbonyl (C=O) groups is 1. The summed E-state index contributed by atoms with van der Waals surface area (Å²) in [6.45, 7) is 4.90. The molecule has 0 aliphatic carbocycles. The number of sulfone groups is 1. The number of carbonyl (C=O) groups excluding carboxylic acids is 1. The standard InChI is InChI=1S/C16H19N3O4S/c1-4-24(22,23)11-10-14(20)17-15-12(2)18(3)19(16(15)21)13-8-6-5-7-9-13/h4-9H,1,10-11H2,2-3H3,(H,17,20). The lowest BCUT2D eigenvalue weighted by Crippen LogP contribution is -2.23. The molecule has 1 heterocycles. The molecule has 0 aliphatic rings. The zero-order valence-electron chi connectivity index (χ0n) is 13.5. The van der Waals surface area contributed by atoms with Crippen LogP contribution in [0.15, 0.2) is 47.1 Å². The minimum atomic E-state index is -3.46. The fraction of sp³-hybridized carbons (Fsp3) is 0.250. The van der Waals surface area contributed by atoms with Gasteiger partial charge in [-0.05, 0) is 19.1 Å². The van der Waals surface area contributed by atoms with E-state index < -0.39 is 15.7 Å². The third-order valence-corrected chi connectivity index (χ3v) is 4.97. The average molecular weight is 349 g/mol. The molecule has 0 spiro atoms. The molecule has 0 bridgehead atoms. The van der Waals surface area contributed by atoms with Crippen LogP contribution >= 0.6 is 0 Å².